The number of nitrogens with one attached hydrogen (secondary N) is 1. The molecular weight excluding hydrogens is 162 g/mol. The second-order valence-corrected chi connectivity index (χ2v) is 5.07. The summed E-state index contributed by atoms with van der Waals surface area (Å²) in [5.41, 5.74) is 0.142. The quantitative estimate of drug-likeness (QED) is 0.707. The fourth-order valence-corrected chi connectivity index (χ4v) is 2.52. The number of ether oxygens (including phenoxy) is 1. The molecule has 2 unspecified atom stereocenters. The highest BCUT2D eigenvalue weighted by molar-refractivity contribution is 4.85. The summed E-state index contributed by atoms with van der Waals surface area (Å²) in [6.07, 6.45) is 6.92. The lowest BCUT2D eigenvalue weighted by Crippen LogP contribution is -2.28. The topological polar surface area (TPSA) is 21.3 Å². The first-order valence-electron chi connectivity index (χ1n) is 5.57. The minimum atomic E-state index is 0.142. The summed E-state index contributed by atoms with van der Waals surface area (Å²) in [4.78, 5) is 0. The van der Waals surface area contributed by atoms with Crippen LogP contribution in [0, 0.1) is 0 Å². The Morgan fingerprint density at radius 1 is 1.38 bits per heavy atom. The standard InChI is InChI=1S/C11H21NO/c1-11(2)6-5-10(13-11)8-9-4-3-7-12-9/h9-10,12H,3-8H2,1-2H3. The van der Waals surface area contributed by atoms with Gasteiger partial charge in [0.15, 0.2) is 0 Å². The lowest BCUT2D eigenvalue weighted by atomic mass is 10.0. The molecule has 2 rings (SSSR count). The number of rotatable bonds is 2. The molecule has 2 heteroatoms. The van der Waals surface area contributed by atoms with E-state index in [4.69, 9.17) is 4.74 Å². The summed E-state index contributed by atoms with van der Waals surface area (Å²) < 4.78 is 5.97. The molecule has 2 saturated heterocycles. The highest BCUT2D eigenvalue weighted by Gasteiger charge is 2.33. The zero-order valence-electron chi connectivity index (χ0n) is 8.81. The van der Waals surface area contributed by atoms with Gasteiger partial charge in [-0.05, 0) is 52.5 Å². The predicted octanol–water partition coefficient (Wildman–Crippen LogP) is 2.09. The molecule has 0 amide bonds. The van der Waals surface area contributed by atoms with Crippen LogP contribution in [0.3, 0.4) is 0 Å². The van der Waals surface area contributed by atoms with Gasteiger partial charge in [-0.15, -0.1) is 0 Å². The zero-order valence-corrected chi connectivity index (χ0v) is 8.81. The molecule has 2 aliphatic rings. The normalized spacial score (nSPS) is 38.3. The average molecular weight is 183 g/mol. The van der Waals surface area contributed by atoms with Crippen molar-refractivity contribution in [3.05, 3.63) is 0 Å². The van der Waals surface area contributed by atoms with E-state index in [1.54, 1.807) is 0 Å². The molecule has 2 nitrogen and oxygen atoms in total. The van der Waals surface area contributed by atoms with Gasteiger partial charge in [0.1, 0.15) is 0 Å². The van der Waals surface area contributed by atoms with Crippen molar-refractivity contribution in [3.8, 4) is 0 Å². The molecule has 0 saturated carbocycles. The molecule has 0 bridgehead atoms. The lowest BCUT2D eigenvalue weighted by molar-refractivity contribution is -0.0213. The van der Waals surface area contributed by atoms with Crippen molar-refractivity contribution in [3.63, 3.8) is 0 Å². The number of hydrogen-bond acceptors (Lipinski definition) is 2. The smallest absolute Gasteiger partial charge is 0.0631 e. The van der Waals surface area contributed by atoms with Crippen LogP contribution >= 0.6 is 0 Å². The van der Waals surface area contributed by atoms with Gasteiger partial charge in [-0.1, -0.05) is 0 Å². The van der Waals surface area contributed by atoms with Gasteiger partial charge >= 0.3 is 0 Å². The Kier molecular flexibility index (Phi) is 2.61. The Morgan fingerprint density at radius 2 is 2.23 bits per heavy atom. The third-order valence-corrected chi connectivity index (χ3v) is 3.26. The van der Waals surface area contributed by atoms with Crippen molar-refractivity contribution >= 4 is 0 Å². The van der Waals surface area contributed by atoms with Gasteiger partial charge in [0.2, 0.25) is 0 Å². The van der Waals surface area contributed by atoms with Crippen LogP contribution in [0.25, 0.3) is 0 Å². The van der Waals surface area contributed by atoms with Crippen LogP contribution in [-0.4, -0.2) is 24.3 Å². The number of hydrogen-bond donors (Lipinski definition) is 1. The van der Waals surface area contributed by atoms with E-state index >= 15 is 0 Å². The summed E-state index contributed by atoms with van der Waals surface area (Å²) in [5.74, 6) is 0. The van der Waals surface area contributed by atoms with Crippen molar-refractivity contribution < 1.29 is 4.74 Å². The fourth-order valence-electron chi connectivity index (χ4n) is 2.52. The molecule has 0 aliphatic carbocycles. The molecule has 0 radical (unpaired) electrons. The van der Waals surface area contributed by atoms with Gasteiger partial charge in [-0.25, -0.2) is 0 Å². The highest BCUT2D eigenvalue weighted by atomic mass is 16.5. The van der Waals surface area contributed by atoms with E-state index in [2.05, 4.69) is 19.2 Å². The van der Waals surface area contributed by atoms with Crippen molar-refractivity contribution in [2.75, 3.05) is 6.54 Å². The van der Waals surface area contributed by atoms with E-state index in [1.165, 1.54) is 38.6 Å². The Hall–Kier alpha value is -0.0800. The molecule has 1 N–H and O–H groups in total. The summed E-state index contributed by atoms with van der Waals surface area (Å²) in [7, 11) is 0. The van der Waals surface area contributed by atoms with E-state index in [9.17, 15) is 0 Å². The van der Waals surface area contributed by atoms with E-state index in [0.29, 0.717) is 6.10 Å². The maximum atomic E-state index is 5.97. The summed E-state index contributed by atoms with van der Waals surface area (Å²) in [6.45, 7) is 5.62. The van der Waals surface area contributed by atoms with Gasteiger partial charge in [0.25, 0.3) is 0 Å². The SMILES string of the molecule is CC1(C)CCC(CC2CCCN2)O1. The van der Waals surface area contributed by atoms with Gasteiger partial charge in [0, 0.05) is 6.04 Å². The molecule has 76 valence electrons. The summed E-state index contributed by atoms with van der Waals surface area (Å²) >= 11 is 0. The second kappa shape index (κ2) is 3.58. The van der Waals surface area contributed by atoms with Crippen LogP contribution < -0.4 is 5.32 Å². The first-order chi connectivity index (χ1) is 6.16. The third kappa shape index (κ3) is 2.44. The Bertz CT molecular complexity index is 173. The van der Waals surface area contributed by atoms with E-state index in [0.717, 1.165) is 6.04 Å². The van der Waals surface area contributed by atoms with Crippen molar-refractivity contribution in [2.45, 2.75) is 63.7 Å². The van der Waals surface area contributed by atoms with E-state index in [1.807, 2.05) is 0 Å². The van der Waals surface area contributed by atoms with Gasteiger partial charge < -0.3 is 10.1 Å². The minimum Gasteiger partial charge on any atom is -0.372 e. The Morgan fingerprint density at radius 3 is 2.77 bits per heavy atom. The van der Waals surface area contributed by atoms with Crippen LogP contribution in [0.1, 0.15) is 46.0 Å². The molecule has 2 aliphatic heterocycles. The first-order valence-corrected chi connectivity index (χ1v) is 5.57. The predicted molar refractivity (Wildman–Crippen MR) is 53.8 cm³/mol. The molecule has 0 aromatic carbocycles. The van der Waals surface area contributed by atoms with Crippen LogP contribution in [0.5, 0.6) is 0 Å². The Balaban J connectivity index is 1.77. The van der Waals surface area contributed by atoms with Crippen LogP contribution in [-0.2, 0) is 4.74 Å². The van der Waals surface area contributed by atoms with E-state index in [-0.39, 0.29) is 5.60 Å². The van der Waals surface area contributed by atoms with Crippen molar-refractivity contribution in [1.29, 1.82) is 0 Å². The molecule has 2 atom stereocenters. The molecule has 2 heterocycles. The fraction of sp³-hybridized carbons (Fsp3) is 1.00. The molecule has 0 aromatic rings. The first kappa shape index (κ1) is 9.47. The molecule has 0 aromatic heterocycles. The second-order valence-electron chi connectivity index (χ2n) is 5.07. The van der Waals surface area contributed by atoms with Crippen LogP contribution in [0.2, 0.25) is 0 Å². The summed E-state index contributed by atoms with van der Waals surface area (Å²) in [6, 6.07) is 0.735. The van der Waals surface area contributed by atoms with Gasteiger partial charge in [-0.2, -0.15) is 0 Å². The molecule has 0 spiro atoms. The van der Waals surface area contributed by atoms with E-state index < -0.39 is 0 Å². The largest absolute Gasteiger partial charge is 0.372 e. The summed E-state index contributed by atoms with van der Waals surface area (Å²) in [5, 5.41) is 3.53. The van der Waals surface area contributed by atoms with Crippen LogP contribution in [0.4, 0.5) is 0 Å². The maximum absolute atomic E-state index is 5.97. The maximum Gasteiger partial charge on any atom is 0.0631 e. The van der Waals surface area contributed by atoms with Crippen molar-refractivity contribution in [2.24, 2.45) is 0 Å². The van der Waals surface area contributed by atoms with Gasteiger partial charge in [0.05, 0.1) is 11.7 Å². The Labute approximate surface area is 81.0 Å². The van der Waals surface area contributed by atoms with Gasteiger partial charge in [-0.3, -0.25) is 0 Å². The lowest BCUT2D eigenvalue weighted by Gasteiger charge is -2.21. The molecule has 13 heavy (non-hydrogen) atoms. The average Bonchev–Trinajstić information content (AvgIpc) is 2.61. The zero-order chi connectivity index (χ0) is 9.31. The monoisotopic (exact) mass is 183 g/mol. The minimum absolute atomic E-state index is 0.142. The molecule has 2 fully saturated rings. The van der Waals surface area contributed by atoms with Crippen molar-refractivity contribution in [1.82, 2.24) is 5.32 Å². The highest BCUT2D eigenvalue weighted by Crippen LogP contribution is 2.32. The van der Waals surface area contributed by atoms with Crippen LogP contribution in [0.15, 0.2) is 0 Å². The third-order valence-electron chi connectivity index (χ3n) is 3.26. The molecular formula is C11H21NO.